The number of nitrogens with one attached hydrogen (secondary N) is 2. The Morgan fingerprint density at radius 3 is 2.32 bits per heavy atom. The monoisotopic (exact) mass is 372 g/mol. The molecule has 2 N–H and O–H groups in total. The molecule has 0 bridgehead atoms. The van der Waals surface area contributed by atoms with E-state index >= 15 is 0 Å². The minimum Gasteiger partial charge on any atom is -0.598 e. The van der Waals surface area contributed by atoms with Crippen molar-refractivity contribution in [2.24, 2.45) is 0 Å². The topological polar surface area (TPSA) is 73.4 Å². The number of ether oxygens (including phenoxy) is 1. The zero-order valence-corrected chi connectivity index (χ0v) is 16.8. The minimum absolute atomic E-state index is 0.393. The lowest BCUT2D eigenvalue weighted by Gasteiger charge is -2.31. The van der Waals surface area contributed by atoms with Crippen LogP contribution in [0.5, 0.6) is 0 Å². The van der Waals surface area contributed by atoms with Crippen molar-refractivity contribution < 1.29 is 18.5 Å². The summed E-state index contributed by atoms with van der Waals surface area (Å²) in [6, 6.07) is 5.01. The van der Waals surface area contributed by atoms with E-state index < -0.39 is 45.7 Å². The molecule has 0 aromatic heterocycles. The highest BCUT2D eigenvalue weighted by molar-refractivity contribution is 7.90. The Bertz CT molecular complexity index is 584. The quantitative estimate of drug-likeness (QED) is 0.771. The molecule has 142 valence electrons. The summed E-state index contributed by atoms with van der Waals surface area (Å²) in [6.07, 6.45) is -0.579. The van der Waals surface area contributed by atoms with Crippen molar-refractivity contribution >= 4 is 17.5 Å². The lowest BCUT2D eigenvalue weighted by Crippen LogP contribution is -2.49. The highest BCUT2D eigenvalue weighted by Crippen LogP contribution is 2.23. The van der Waals surface area contributed by atoms with Gasteiger partial charge in [0.05, 0.1) is 12.1 Å². The Balaban J connectivity index is 2.99. The van der Waals surface area contributed by atoms with Crippen LogP contribution in [0.1, 0.15) is 60.1 Å². The number of rotatable bonds is 5. The summed E-state index contributed by atoms with van der Waals surface area (Å²) in [5, 5.41) is 2.73. The summed E-state index contributed by atoms with van der Waals surface area (Å²) >= 11 is -1.39. The van der Waals surface area contributed by atoms with Crippen LogP contribution in [0.4, 0.5) is 9.18 Å². The van der Waals surface area contributed by atoms with E-state index in [4.69, 9.17) is 4.74 Å². The van der Waals surface area contributed by atoms with Gasteiger partial charge in [0.2, 0.25) is 0 Å². The SMILES string of the molecule is C[C@H](NC(=O)OC(C)(C)C)[C@H](N[S+]([O-])C(C)(C)C)c1cccc(F)c1. The first-order chi connectivity index (χ1) is 11.3. The van der Waals surface area contributed by atoms with E-state index in [9.17, 15) is 13.7 Å². The Hall–Kier alpha value is -1.31. The smallest absolute Gasteiger partial charge is 0.407 e. The second-order valence-electron chi connectivity index (χ2n) is 7.97. The highest BCUT2D eigenvalue weighted by atomic mass is 32.2. The standard InChI is InChI=1S/C18H29FN2O3S/c1-12(20-16(22)24-17(2,3)4)15(21-25(23)18(5,6)7)13-9-8-10-14(19)11-13/h8-12,15,21H,1-7H3,(H,20,22)/t12-,15-,25?/m0/s1. The Morgan fingerprint density at radius 1 is 1.24 bits per heavy atom. The Labute approximate surface area is 153 Å². The number of amides is 1. The van der Waals surface area contributed by atoms with Crippen molar-refractivity contribution in [3.63, 3.8) is 0 Å². The van der Waals surface area contributed by atoms with Gasteiger partial charge in [-0.15, -0.1) is 4.72 Å². The van der Waals surface area contributed by atoms with Gasteiger partial charge in [0.25, 0.3) is 0 Å². The highest BCUT2D eigenvalue weighted by Gasteiger charge is 2.33. The molecule has 25 heavy (non-hydrogen) atoms. The predicted octanol–water partition coefficient (Wildman–Crippen LogP) is 3.83. The van der Waals surface area contributed by atoms with Crippen LogP contribution in [-0.2, 0) is 16.1 Å². The van der Waals surface area contributed by atoms with Gasteiger partial charge in [-0.3, -0.25) is 0 Å². The third-order valence-electron chi connectivity index (χ3n) is 3.24. The molecule has 1 aromatic carbocycles. The van der Waals surface area contributed by atoms with Crippen LogP contribution < -0.4 is 10.0 Å². The first kappa shape index (κ1) is 21.7. The van der Waals surface area contributed by atoms with Gasteiger partial charge in [0.1, 0.15) is 16.2 Å². The molecule has 0 saturated heterocycles. The average Bonchev–Trinajstić information content (AvgIpc) is 2.40. The van der Waals surface area contributed by atoms with Gasteiger partial charge in [0, 0.05) is 11.4 Å². The molecule has 0 saturated carbocycles. The maximum absolute atomic E-state index is 13.6. The molecule has 1 amide bonds. The molecular formula is C18H29FN2O3S. The van der Waals surface area contributed by atoms with Crippen molar-refractivity contribution in [1.29, 1.82) is 0 Å². The zero-order valence-electron chi connectivity index (χ0n) is 16.0. The van der Waals surface area contributed by atoms with E-state index in [2.05, 4.69) is 10.0 Å². The van der Waals surface area contributed by atoms with Crippen LogP contribution >= 0.6 is 0 Å². The van der Waals surface area contributed by atoms with Gasteiger partial charge < -0.3 is 14.6 Å². The van der Waals surface area contributed by atoms with Crippen molar-refractivity contribution in [3.8, 4) is 0 Å². The van der Waals surface area contributed by atoms with Crippen LogP contribution in [-0.4, -0.2) is 27.0 Å². The summed E-state index contributed by atoms with van der Waals surface area (Å²) < 4.78 is 33.9. The number of halogens is 1. The number of carbonyl (C=O) groups is 1. The molecular weight excluding hydrogens is 343 g/mol. The van der Waals surface area contributed by atoms with E-state index in [-0.39, 0.29) is 0 Å². The molecule has 3 atom stereocenters. The molecule has 0 heterocycles. The Morgan fingerprint density at radius 2 is 1.84 bits per heavy atom. The molecule has 0 radical (unpaired) electrons. The first-order valence-electron chi connectivity index (χ1n) is 8.22. The summed E-state index contributed by atoms with van der Waals surface area (Å²) in [5.74, 6) is -0.393. The van der Waals surface area contributed by atoms with E-state index in [1.165, 1.54) is 12.1 Å². The van der Waals surface area contributed by atoms with Crippen molar-refractivity contribution in [3.05, 3.63) is 35.6 Å². The molecule has 5 nitrogen and oxygen atoms in total. The fourth-order valence-electron chi connectivity index (χ4n) is 2.03. The fraction of sp³-hybridized carbons (Fsp3) is 0.611. The first-order valence-corrected chi connectivity index (χ1v) is 9.37. The summed E-state index contributed by atoms with van der Waals surface area (Å²) in [7, 11) is 0. The van der Waals surface area contributed by atoms with E-state index in [0.29, 0.717) is 5.56 Å². The summed E-state index contributed by atoms with van der Waals surface area (Å²) in [6.45, 7) is 12.6. The second-order valence-corrected chi connectivity index (χ2v) is 9.96. The number of alkyl carbamates (subject to hydrolysis) is 1. The van der Waals surface area contributed by atoms with E-state index in [1.54, 1.807) is 39.8 Å². The fourth-order valence-corrected chi connectivity index (χ4v) is 2.95. The van der Waals surface area contributed by atoms with Gasteiger partial charge >= 0.3 is 6.09 Å². The second kappa shape index (κ2) is 8.38. The predicted molar refractivity (Wildman–Crippen MR) is 99.0 cm³/mol. The third-order valence-corrected chi connectivity index (χ3v) is 4.82. The van der Waals surface area contributed by atoms with Crippen LogP contribution in [0, 0.1) is 5.82 Å². The molecule has 0 fully saturated rings. The summed E-state index contributed by atoms with van der Waals surface area (Å²) in [5.41, 5.74) is -0.0269. The van der Waals surface area contributed by atoms with Gasteiger partial charge in [-0.1, -0.05) is 12.1 Å². The summed E-state index contributed by atoms with van der Waals surface area (Å²) in [4.78, 5) is 12.0. The molecule has 0 spiro atoms. The number of hydrogen-bond donors (Lipinski definition) is 2. The third kappa shape index (κ3) is 7.63. The van der Waals surface area contributed by atoms with Crippen LogP contribution in [0.2, 0.25) is 0 Å². The molecule has 1 unspecified atom stereocenters. The average molecular weight is 373 g/mol. The maximum atomic E-state index is 13.6. The number of benzene rings is 1. The number of hydrogen-bond acceptors (Lipinski definition) is 4. The normalized spacial score (nSPS) is 16.0. The lowest BCUT2D eigenvalue weighted by molar-refractivity contribution is 0.0500. The van der Waals surface area contributed by atoms with Gasteiger partial charge in [-0.2, -0.15) is 0 Å². The van der Waals surface area contributed by atoms with E-state index in [0.717, 1.165) is 0 Å². The zero-order chi connectivity index (χ0) is 19.4. The maximum Gasteiger partial charge on any atom is 0.407 e. The number of carbonyl (C=O) groups excluding carboxylic acids is 1. The molecule has 7 heteroatoms. The largest absolute Gasteiger partial charge is 0.598 e. The molecule has 1 rings (SSSR count). The van der Waals surface area contributed by atoms with Crippen molar-refractivity contribution in [2.45, 2.75) is 70.9 Å². The lowest BCUT2D eigenvalue weighted by atomic mass is 10.0. The van der Waals surface area contributed by atoms with Crippen LogP contribution in [0.25, 0.3) is 0 Å². The van der Waals surface area contributed by atoms with Gasteiger partial charge in [-0.25, -0.2) is 9.18 Å². The molecule has 0 aliphatic carbocycles. The molecule has 0 aliphatic rings. The molecule has 1 aromatic rings. The van der Waals surface area contributed by atoms with Crippen molar-refractivity contribution in [2.75, 3.05) is 0 Å². The molecule has 0 aliphatic heterocycles. The minimum atomic E-state index is -1.39. The van der Waals surface area contributed by atoms with E-state index in [1.807, 2.05) is 20.8 Å². The Kier molecular flexibility index (Phi) is 7.28. The van der Waals surface area contributed by atoms with Gasteiger partial charge in [-0.05, 0) is 66.2 Å². The van der Waals surface area contributed by atoms with Crippen molar-refractivity contribution in [1.82, 2.24) is 10.0 Å². The van der Waals surface area contributed by atoms with Crippen LogP contribution in [0.15, 0.2) is 24.3 Å². The van der Waals surface area contributed by atoms with Gasteiger partial charge in [0.15, 0.2) is 0 Å². The van der Waals surface area contributed by atoms with Crippen LogP contribution in [0.3, 0.4) is 0 Å².